The Balaban J connectivity index is 1.45. The summed E-state index contributed by atoms with van der Waals surface area (Å²) in [4.78, 5) is 31.0. The fourth-order valence-electron chi connectivity index (χ4n) is 4.13. The van der Waals surface area contributed by atoms with Crippen LogP contribution in [0.1, 0.15) is 39.5 Å². The SMILES string of the molecule is C[C@H]1CC[C@H](C)N1CCN1CCN(C(=O)C2=NN(C)C(=O)CC2)CC1. The molecule has 3 heterocycles. The van der Waals surface area contributed by atoms with Crippen LogP contribution in [-0.2, 0) is 9.59 Å². The van der Waals surface area contributed by atoms with Crippen molar-refractivity contribution in [2.24, 2.45) is 5.10 Å². The van der Waals surface area contributed by atoms with Gasteiger partial charge in [0.25, 0.3) is 5.91 Å². The first-order valence-electron chi connectivity index (χ1n) is 9.57. The highest BCUT2D eigenvalue weighted by Gasteiger charge is 2.30. The number of hydrogen-bond acceptors (Lipinski definition) is 5. The minimum Gasteiger partial charge on any atom is -0.335 e. The van der Waals surface area contributed by atoms with E-state index in [2.05, 4.69) is 28.7 Å². The largest absolute Gasteiger partial charge is 0.335 e. The summed E-state index contributed by atoms with van der Waals surface area (Å²) in [6.07, 6.45) is 3.46. The van der Waals surface area contributed by atoms with Gasteiger partial charge in [-0.25, -0.2) is 5.01 Å². The Kier molecular flexibility index (Phi) is 5.74. The Hall–Kier alpha value is -1.47. The molecule has 7 nitrogen and oxygen atoms in total. The van der Waals surface area contributed by atoms with E-state index in [4.69, 9.17) is 0 Å². The molecule has 0 bridgehead atoms. The molecular formula is C18H31N5O2. The second kappa shape index (κ2) is 7.83. The molecule has 2 atom stereocenters. The predicted octanol–water partition coefficient (Wildman–Crippen LogP) is 0.612. The van der Waals surface area contributed by atoms with E-state index in [9.17, 15) is 9.59 Å². The second-order valence-electron chi connectivity index (χ2n) is 7.61. The van der Waals surface area contributed by atoms with Crippen molar-refractivity contribution in [3.8, 4) is 0 Å². The number of rotatable bonds is 4. The molecule has 0 aromatic rings. The normalized spacial score (nSPS) is 29.2. The van der Waals surface area contributed by atoms with E-state index in [1.54, 1.807) is 7.05 Å². The zero-order valence-corrected chi connectivity index (χ0v) is 15.8. The topological polar surface area (TPSA) is 59.5 Å². The summed E-state index contributed by atoms with van der Waals surface area (Å²) in [5.41, 5.74) is 0.523. The standard InChI is InChI=1S/C18H31N5O2/c1-14-4-5-15(2)23(14)13-10-21-8-11-22(12-9-21)18(25)16-6-7-17(24)20(3)19-16/h14-15H,4-13H2,1-3H3/t14-,15-/m0/s1. The number of likely N-dealkylation sites (tertiary alicyclic amines) is 1. The molecule has 7 heteroatoms. The van der Waals surface area contributed by atoms with Crippen LogP contribution in [0.15, 0.2) is 5.10 Å². The molecule has 0 aromatic carbocycles. The van der Waals surface area contributed by atoms with Crippen LogP contribution in [0, 0.1) is 0 Å². The van der Waals surface area contributed by atoms with E-state index >= 15 is 0 Å². The molecule has 0 aliphatic carbocycles. The number of nitrogens with zero attached hydrogens (tertiary/aromatic N) is 5. The van der Waals surface area contributed by atoms with Gasteiger partial charge in [-0.15, -0.1) is 0 Å². The highest BCUT2D eigenvalue weighted by molar-refractivity contribution is 6.39. The molecule has 140 valence electrons. The van der Waals surface area contributed by atoms with Crippen molar-refractivity contribution in [2.45, 2.75) is 51.6 Å². The van der Waals surface area contributed by atoms with Crippen LogP contribution in [0.4, 0.5) is 0 Å². The molecule has 25 heavy (non-hydrogen) atoms. The molecule has 0 radical (unpaired) electrons. The minimum atomic E-state index is -0.0215. The van der Waals surface area contributed by atoms with Gasteiger partial charge in [0.05, 0.1) is 0 Å². The zero-order chi connectivity index (χ0) is 18.0. The molecular weight excluding hydrogens is 318 g/mol. The highest BCUT2D eigenvalue weighted by Crippen LogP contribution is 2.23. The third kappa shape index (κ3) is 4.20. The third-order valence-electron chi connectivity index (χ3n) is 5.92. The van der Waals surface area contributed by atoms with Crippen molar-refractivity contribution >= 4 is 17.5 Å². The Bertz CT molecular complexity index is 532. The summed E-state index contributed by atoms with van der Waals surface area (Å²) >= 11 is 0. The molecule has 0 spiro atoms. The van der Waals surface area contributed by atoms with Gasteiger partial charge in [-0.1, -0.05) is 0 Å². The predicted molar refractivity (Wildman–Crippen MR) is 97.3 cm³/mol. The summed E-state index contributed by atoms with van der Waals surface area (Å²) in [6.45, 7) is 10.2. The third-order valence-corrected chi connectivity index (χ3v) is 5.92. The summed E-state index contributed by atoms with van der Waals surface area (Å²) in [5.74, 6) is -0.0208. The van der Waals surface area contributed by atoms with Crippen molar-refractivity contribution in [1.82, 2.24) is 19.7 Å². The van der Waals surface area contributed by atoms with Crippen LogP contribution in [0.3, 0.4) is 0 Å². The molecule has 0 saturated carbocycles. The van der Waals surface area contributed by atoms with E-state index in [1.165, 1.54) is 17.9 Å². The molecule has 0 unspecified atom stereocenters. The van der Waals surface area contributed by atoms with E-state index in [1.807, 2.05) is 4.90 Å². The average Bonchev–Trinajstić information content (AvgIpc) is 2.93. The van der Waals surface area contributed by atoms with Crippen LogP contribution >= 0.6 is 0 Å². The molecule has 3 aliphatic heterocycles. The molecule has 2 amide bonds. The Morgan fingerprint density at radius 1 is 1.04 bits per heavy atom. The van der Waals surface area contributed by atoms with Gasteiger partial charge in [-0.05, 0) is 26.7 Å². The summed E-state index contributed by atoms with van der Waals surface area (Å²) in [7, 11) is 1.62. The van der Waals surface area contributed by atoms with Gasteiger partial charge in [0.2, 0.25) is 5.91 Å². The summed E-state index contributed by atoms with van der Waals surface area (Å²) < 4.78 is 0. The molecule has 3 rings (SSSR count). The van der Waals surface area contributed by atoms with Gasteiger partial charge in [0.15, 0.2) is 0 Å². The lowest BCUT2D eigenvalue weighted by Gasteiger charge is -2.37. The second-order valence-corrected chi connectivity index (χ2v) is 7.61. The van der Waals surface area contributed by atoms with Gasteiger partial charge in [-0.3, -0.25) is 19.4 Å². The number of amides is 2. The molecule has 2 fully saturated rings. The Labute approximate surface area is 150 Å². The van der Waals surface area contributed by atoms with Gasteiger partial charge in [0.1, 0.15) is 5.71 Å². The van der Waals surface area contributed by atoms with Gasteiger partial charge < -0.3 is 4.90 Å². The number of hydrogen-bond donors (Lipinski definition) is 0. The van der Waals surface area contributed by atoms with Crippen molar-refractivity contribution < 1.29 is 9.59 Å². The van der Waals surface area contributed by atoms with E-state index in [0.29, 0.717) is 30.6 Å². The average molecular weight is 349 g/mol. The smallest absolute Gasteiger partial charge is 0.270 e. The maximum atomic E-state index is 12.6. The van der Waals surface area contributed by atoms with Crippen LogP contribution in [-0.4, -0.2) is 95.6 Å². The number of piperazine rings is 1. The molecule has 0 aromatic heterocycles. The van der Waals surface area contributed by atoms with E-state index < -0.39 is 0 Å². The first-order valence-corrected chi connectivity index (χ1v) is 9.57. The fourth-order valence-corrected chi connectivity index (χ4v) is 4.13. The number of carbonyl (C=O) groups excluding carboxylic acids is 2. The Morgan fingerprint density at radius 3 is 2.28 bits per heavy atom. The number of carbonyl (C=O) groups is 2. The van der Waals surface area contributed by atoms with E-state index in [-0.39, 0.29) is 11.8 Å². The van der Waals surface area contributed by atoms with Crippen LogP contribution in [0.25, 0.3) is 0 Å². The maximum absolute atomic E-state index is 12.6. The lowest BCUT2D eigenvalue weighted by Crippen LogP contribution is -2.52. The number of hydrazone groups is 1. The molecule has 3 aliphatic rings. The first-order chi connectivity index (χ1) is 12.0. The highest BCUT2D eigenvalue weighted by atomic mass is 16.2. The zero-order valence-electron chi connectivity index (χ0n) is 15.8. The van der Waals surface area contributed by atoms with Gasteiger partial charge in [0, 0.05) is 71.2 Å². The first kappa shape index (κ1) is 18.3. The lowest BCUT2D eigenvalue weighted by molar-refractivity contribution is -0.131. The van der Waals surface area contributed by atoms with Crippen molar-refractivity contribution in [1.29, 1.82) is 0 Å². The minimum absolute atomic E-state index is 0.000729. The van der Waals surface area contributed by atoms with Crippen LogP contribution in [0.5, 0.6) is 0 Å². The van der Waals surface area contributed by atoms with E-state index in [0.717, 1.165) is 39.3 Å². The quantitative estimate of drug-likeness (QED) is 0.746. The van der Waals surface area contributed by atoms with Crippen LogP contribution < -0.4 is 0 Å². The van der Waals surface area contributed by atoms with Gasteiger partial charge in [-0.2, -0.15) is 5.10 Å². The van der Waals surface area contributed by atoms with Crippen molar-refractivity contribution in [2.75, 3.05) is 46.3 Å². The monoisotopic (exact) mass is 349 g/mol. The summed E-state index contributed by atoms with van der Waals surface area (Å²) in [6, 6.07) is 1.39. The van der Waals surface area contributed by atoms with Crippen LogP contribution in [0.2, 0.25) is 0 Å². The van der Waals surface area contributed by atoms with Crippen molar-refractivity contribution in [3.05, 3.63) is 0 Å². The Morgan fingerprint density at radius 2 is 1.68 bits per heavy atom. The summed E-state index contributed by atoms with van der Waals surface area (Å²) in [5, 5.41) is 5.45. The maximum Gasteiger partial charge on any atom is 0.270 e. The van der Waals surface area contributed by atoms with Crippen molar-refractivity contribution in [3.63, 3.8) is 0 Å². The molecule has 2 saturated heterocycles. The van der Waals surface area contributed by atoms with Gasteiger partial charge >= 0.3 is 0 Å². The lowest BCUT2D eigenvalue weighted by atomic mass is 10.1. The molecule has 0 N–H and O–H groups in total. The fraction of sp³-hybridized carbons (Fsp3) is 0.833.